The van der Waals surface area contributed by atoms with E-state index in [-0.39, 0.29) is 46.2 Å². The van der Waals surface area contributed by atoms with E-state index in [0.29, 0.717) is 16.8 Å². The number of aryl methyl sites for hydroxylation is 1. The van der Waals surface area contributed by atoms with E-state index in [9.17, 15) is 33.2 Å². The number of aromatic nitrogens is 2. The number of nitriles is 2. The van der Waals surface area contributed by atoms with Gasteiger partial charge in [-0.05, 0) is 52.8 Å². The lowest BCUT2D eigenvalue weighted by Gasteiger charge is -2.31. The average molecular weight is 466 g/mol. The van der Waals surface area contributed by atoms with Crippen molar-refractivity contribution in [3.05, 3.63) is 75.2 Å². The number of hydrogen-bond acceptors (Lipinski definition) is 4. The Kier molecular flexibility index (Phi) is 5.00. The van der Waals surface area contributed by atoms with Crippen LogP contribution in [0.25, 0.3) is 11.3 Å². The van der Waals surface area contributed by atoms with Crippen LogP contribution in [0.5, 0.6) is 0 Å². The quantitative estimate of drug-likeness (QED) is 0.531. The first-order valence-electron chi connectivity index (χ1n) is 10.7. The molecule has 1 unspecified atom stereocenters. The Morgan fingerprint density at radius 2 is 1.82 bits per heavy atom. The van der Waals surface area contributed by atoms with Gasteiger partial charge in [0.15, 0.2) is 0 Å². The van der Waals surface area contributed by atoms with Crippen molar-refractivity contribution in [2.75, 3.05) is 0 Å². The maximum Gasteiger partial charge on any atom is 0.281 e. The van der Waals surface area contributed by atoms with E-state index < -0.39 is 36.4 Å². The molecular formula is C25H18F4N4O. The standard InChI is InChI=1S/C25H18F4N4O/c1-33-23(13(10-31)11-32-33)17-3-2-15(19-8-25(28,29)24(34)22(17)19)16-4-5-20(27)18-7-14(26)6-12(9-30)21(16)18/h2-3,6-7,11,16,20,24,34H,4-5,8H2,1H3/t16-,20?,24+/m1/s1. The highest BCUT2D eigenvalue weighted by molar-refractivity contribution is 5.74. The molecule has 0 fully saturated rings. The molecule has 2 aliphatic rings. The molecule has 1 aromatic heterocycles. The molecular weight excluding hydrogens is 448 g/mol. The molecule has 0 spiro atoms. The van der Waals surface area contributed by atoms with Crippen LogP contribution in [-0.4, -0.2) is 20.8 Å². The molecule has 2 aliphatic carbocycles. The van der Waals surface area contributed by atoms with Gasteiger partial charge in [-0.3, -0.25) is 4.68 Å². The number of nitrogens with zero attached hydrogens (tertiary/aromatic N) is 4. The number of hydrogen-bond donors (Lipinski definition) is 1. The summed E-state index contributed by atoms with van der Waals surface area (Å²) in [6.07, 6.45) is -2.73. The molecule has 172 valence electrons. The van der Waals surface area contributed by atoms with E-state index in [1.165, 1.54) is 10.9 Å². The third-order valence-corrected chi connectivity index (χ3v) is 6.86. The smallest absolute Gasteiger partial charge is 0.281 e. The van der Waals surface area contributed by atoms with Crippen LogP contribution in [0.3, 0.4) is 0 Å². The van der Waals surface area contributed by atoms with E-state index in [2.05, 4.69) is 5.10 Å². The van der Waals surface area contributed by atoms with Gasteiger partial charge in [0.2, 0.25) is 0 Å². The number of aliphatic hydroxyl groups excluding tert-OH is 1. The molecule has 9 heteroatoms. The lowest BCUT2D eigenvalue weighted by atomic mass is 9.74. The van der Waals surface area contributed by atoms with Crippen molar-refractivity contribution in [3.8, 4) is 23.4 Å². The molecule has 0 radical (unpaired) electrons. The van der Waals surface area contributed by atoms with Gasteiger partial charge in [-0.1, -0.05) is 12.1 Å². The molecule has 0 bridgehead atoms. The highest BCUT2D eigenvalue weighted by Crippen LogP contribution is 2.53. The lowest BCUT2D eigenvalue weighted by molar-refractivity contribution is -0.0966. The van der Waals surface area contributed by atoms with E-state index in [1.807, 2.05) is 12.1 Å². The van der Waals surface area contributed by atoms with Crippen molar-refractivity contribution in [1.29, 1.82) is 10.5 Å². The second-order valence-corrected chi connectivity index (χ2v) is 8.74. The van der Waals surface area contributed by atoms with Crippen molar-refractivity contribution in [2.24, 2.45) is 7.05 Å². The predicted molar refractivity (Wildman–Crippen MR) is 113 cm³/mol. The van der Waals surface area contributed by atoms with Gasteiger partial charge in [-0.25, -0.2) is 17.6 Å². The van der Waals surface area contributed by atoms with Crippen molar-refractivity contribution < 1.29 is 22.7 Å². The van der Waals surface area contributed by atoms with Gasteiger partial charge in [0, 0.05) is 24.9 Å². The zero-order chi connectivity index (χ0) is 24.4. The summed E-state index contributed by atoms with van der Waals surface area (Å²) in [4.78, 5) is 0. The van der Waals surface area contributed by atoms with Crippen LogP contribution >= 0.6 is 0 Å². The van der Waals surface area contributed by atoms with Gasteiger partial charge in [-0.15, -0.1) is 0 Å². The van der Waals surface area contributed by atoms with E-state index >= 15 is 0 Å². The summed E-state index contributed by atoms with van der Waals surface area (Å²) < 4.78 is 59.8. The van der Waals surface area contributed by atoms with Gasteiger partial charge in [-0.2, -0.15) is 15.6 Å². The van der Waals surface area contributed by atoms with E-state index in [0.717, 1.165) is 12.1 Å². The minimum absolute atomic E-state index is 0.00728. The Hall–Kier alpha value is -3.69. The Balaban J connectivity index is 1.78. The van der Waals surface area contributed by atoms with Gasteiger partial charge in [0.05, 0.1) is 29.1 Å². The normalized spacial score (nSPS) is 22.5. The molecule has 3 aromatic rings. The molecule has 1 heterocycles. The van der Waals surface area contributed by atoms with Gasteiger partial charge >= 0.3 is 0 Å². The number of halogens is 4. The Morgan fingerprint density at radius 3 is 2.53 bits per heavy atom. The molecule has 3 atom stereocenters. The second kappa shape index (κ2) is 7.68. The van der Waals surface area contributed by atoms with Gasteiger partial charge in [0.1, 0.15) is 24.2 Å². The number of benzene rings is 2. The average Bonchev–Trinajstić information content (AvgIpc) is 3.29. The summed E-state index contributed by atoms with van der Waals surface area (Å²) in [6.45, 7) is 0. The fourth-order valence-electron chi connectivity index (χ4n) is 5.41. The first-order valence-corrected chi connectivity index (χ1v) is 10.7. The fraction of sp³-hybridized carbons (Fsp3) is 0.320. The summed E-state index contributed by atoms with van der Waals surface area (Å²) in [5.41, 5.74) is 1.67. The molecule has 0 amide bonds. The topological polar surface area (TPSA) is 85.6 Å². The van der Waals surface area contributed by atoms with Gasteiger partial charge < -0.3 is 5.11 Å². The molecule has 0 saturated heterocycles. The molecule has 34 heavy (non-hydrogen) atoms. The molecule has 5 rings (SSSR count). The molecule has 5 nitrogen and oxygen atoms in total. The van der Waals surface area contributed by atoms with E-state index in [1.54, 1.807) is 19.2 Å². The first kappa shape index (κ1) is 22.1. The van der Waals surface area contributed by atoms with Crippen molar-refractivity contribution in [1.82, 2.24) is 9.78 Å². The minimum Gasteiger partial charge on any atom is -0.382 e. The van der Waals surface area contributed by atoms with Crippen molar-refractivity contribution in [2.45, 2.75) is 43.4 Å². The Bertz CT molecular complexity index is 1420. The maximum atomic E-state index is 14.8. The number of fused-ring (bicyclic) bond motifs is 2. The number of rotatable bonds is 2. The van der Waals surface area contributed by atoms with Crippen molar-refractivity contribution >= 4 is 0 Å². The van der Waals surface area contributed by atoms with Crippen LogP contribution in [0.4, 0.5) is 17.6 Å². The maximum absolute atomic E-state index is 14.8. The third kappa shape index (κ3) is 3.12. The fourth-order valence-corrected chi connectivity index (χ4v) is 5.41. The summed E-state index contributed by atoms with van der Waals surface area (Å²) in [5, 5.41) is 33.7. The first-order chi connectivity index (χ1) is 16.2. The van der Waals surface area contributed by atoms with Crippen LogP contribution < -0.4 is 0 Å². The summed E-state index contributed by atoms with van der Waals surface area (Å²) in [7, 11) is 1.57. The lowest BCUT2D eigenvalue weighted by Crippen LogP contribution is -2.22. The summed E-state index contributed by atoms with van der Waals surface area (Å²) >= 11 is 0. The predicted octanol–water partition coefficient (Wildman–Crippen LogP) is 5.13. The van der Waals surface area contributed by atoms with Gasteiger partial charge in [0.25, 0.3) is 5.92 Å². The van der Waals surface area contributed by atoms with Crippen LogP contribution in [0.1, 0.15) is 70.0 Å². The third-order valence-electron chi connectivity index (χ3n) is 6.86. The van der Waals surface area contributed by atoms with Crippen LogP contribution in [0.2, 0.25) is 0 Å². The van der Waals surface area contributed by atoms with Crippen LogP contribution in [0.15, 0.2) is 30.5 Å². The van der Waals surface area contributed by atoms with Crippen molar-refractivity contribution in [3.63, 3.8) is 0 Å². The second-order valence-electron chi connectivity index (χ2n) is 8.74. The zero-order valence-electron chi connectivity index (χ0n) is 18.0. The number of alkyl halides is 3. The van der Waals surface area contributed by atoms with Crippen LogP contribution in [0, 0.1) is 28.5 Å². The zero-order valence-corrected chi connectivity index (χ0v) is 18.0. The monoisotopic (exact) mass is 466 g/mol. The Morgan fingerprint density at radius 1 is 1.09 bits per heavy atom. The summed E-state index contributed by atoms with van der Waals surface area (Å²) in [5.74, 6) is -4.82. The highest BCUT2D eigenvalue weighted by atomic mass is 19.3. The molecule has 1 N–H and O–H groups in total. The molecule has 0 saturated carbocycles. The van der Waals surface area contributed by atoms with E-state index in [4.69, 9.17) is 0 Å². The Labute approximate surface area is 192 Å². The van der Waals surface area contributed by atoms with Crippen LogP contribution in [-0.2, 0) is 13.5 Å². The minimum atomic E-state index is -3.46. The summed E-state index contributed by atoms with van der Waals surface area (Å²) in [6, 6.07) is 9.15. The molecule has 2 aromatic carbocycles. The highest BCUT2D eigenvalue weighted by Gasteiger charge is 2.50. The largest absolute Gasteiger partial charge is 0.382 e. The number of aliphatic hydroxyl groups is 1. The SMILES string of the molecule is Cn1ncc(C#N)c1-c1ccc([C@H]2CCC(F)c3cc(F)cc(C#N)c32)c2c1[C@H](O)C(F)(F)C2. The molecule has 0 aliphatic heterocycles.